The predicted octanol–water partition coefficient (Wildman–Crippen LogP) is 4.27. The number of nitrogens with one attached hydrogen (secondary N) is 4. The minimum absolute atomic E-state index is 0.0852. The van der Waals surface area contributed by atoms with Gasteiger partial charge in [-0.3, -0.25) is 14.4 Å². The standard InChI is InChI=1S/C30H33N5O6/c1-19-4-2-3-5-24(19)34-30(40)32-23-9-6-20(7-10-23)16-27(36)35-26-11-8-22(18-31-26)25(17-28(37)38)33-29(39)21-12-14-41-15-13-21/h2-11,18,21,25H,12-17H2,1H3,(H,33,39)(H,37,38)(H,31,35,36)(H2,32,34,40). The van der Waals surface area contributed by atoms with E-state index in [1.807, 2.05) is 31.2 Å². The second-order valence-electron chi connectivity index (χ2n) is 9.84. The van der Waals surface area contributed by atoms with Crippen LogP contribution in [0.1, 0.15) is 42.0 Å². The molecular weight excluding hydrogens is 526 g/mol. The molecule has 0 saturated carbocycles. The minimum atomic E-state index is -1.05. The topological polar surface area (TPSA) is 159 Å². The number of aliphatic carboxylic acids is 1. The van der Waals surface area contributed by atoms with Crippen LogP contribution >= 0.6 is 0 Å². The summed E-state index contributed by atoms with van der Waals surface area (Å²) in [6.07, 6.45) is 2.44. The number of urea groups is 1. The molecule has 1 atom stereocenters. The van der Waals surface area contributed by atoms with E-state index in [0.717, 1.165) is 16.8 Å². The fourth-order valence-corrected chi connectivity index (χ4v) is 4.44. The Hall–Kier alpha value is -4.77. The van der Waals surface area contributed by atoms with Gasteiger partial charge in [-0.15, -0.1) is 0 Å². The maximum Gasteiger partial charge on any atom is 0.323 e. The van der Waals surface area contributed by atoms with Crippen LogP contribution in [0.4, 0.5) is 22.0 Å². The molecule has 1 unspecified atom stereocenters. The Kier molecular flexibility index (Phi) is 10.0. The van der Waals surface area contributed by atoms with Gasteiger partial charge in [-0.2, -0.15) is 0 Å². The fraction of sp³-hybridized carbons (Fsp3) is 0.300. The van der Waals surface area contributed by atoms with E-state index in [9.17, 15) is 24.3 Å². The summed E-state index contributed by atoms with van der Waals surface area (Å²) in [5.41, 5.74) is 3.52. The summed E-state index contributed by atoms with van der Waals surface area (Å²) in [7, 11) is 0. The summed E-state index contributed by atoms with van der Waals surface area (Å²) in [5, 5.41) is 20.5. The number of nitrogens with zero attached hydrogens (tertiary/aromatic N) is 1. The van der Waals surface area contributed by atoms with Gasteiger partial charge in [-0.25, -0.2) is 9.78 Å². The van der Waals surface area contributed by atoms with Gasteiger partial charge in [0, 0.05) is 36.7 Å². The number of ether oxygens (including phenoxy) is 1. The Bertz CT molecular complexity index is 1370. The van der Waals surface area contributed by atoms with Crippen molar-refractivity contribution in [1.29, 1.82) is 0 Å². The smallest absolute Gasteiger partial charge is 0.323 e. The molecule has 2 aromatic carbocycles. The molecule has 11 heteroatoms. The van der Waals surface area contributed by atoms with E-state index in [0.29, 0.717) is 43.1 Å². The summed E-state index contributed by atoms with van der Waals surface area (Å²) in [4.78, 5) is 53.2. The molecule has 1 aromatic heterocycles. The molecule has 1 aliphatic heterocycles. The van der Waals surface area contributed by atoms with Gasteiger partial charge in [0.1, 0.15) is 5.82 Å². The molecule has 0 aliphatic carbocycles. The molecule has 2 heterocycles. The van der Waals surface area contributed by atoms with Crippen LogP contribution in [0, 0.1) is 12.8 Å². The number of benzene rings is 2. The van der Waals surface area contributed by atoms with E-state index >= 15 is 0 Å². The maximum absolute atomic E-state index is 12.6. The largest absolute Gasteiger partial charge is 0.481 e. The van der Waals surface area contributed by atoms with Crippen LogP contribution in [-0.4, -0.2) is 47.1 Å². The molecule has 4 rings (SSSR count). The summed E-state index contributed by atoms with van der Waals surface area (Å²) in [6.45, 7) is 2.92. The first-order chi connectivity index (χ1) is 19.8. The lowest BCUT2D eigenvalue weighted by molar-refractivity contribution is -0.138. The molecule has 1 aliphatic rings. The number of carbonyl (C=O) groups excluding carboxylic acids is 3. The van der Waals surface area contributed by atoms with Gasteiger partial charge in [0.25, 0.3) is 0 Å². The third-order valence-electron chi connectivity index (χ3n) is 6.71. The number of amides is 4. The van der Waals surface area contributed by atoms with Crippen molar-refractivity contribution < 1.29 is 29.0 Å². The zero-order valence-corrected chi connectivity index (χ0v) is 22.7. The molecule has 1 fully saturated rings. The summed E-state index contributed by atoms with van der Waals surface area (Å²) < 4.78 is 5.29. The number of carbonyl (C=O) groups is 4. The number of hydrogen-bond donors (Lipinski definition) is 5. The van der Waals surface area contributed by atoms with Crippen molar-refractivity contribution in [3.63, 3.8) is 0 Å². The van der Waals surface area contributed by atoms with E-state index in [2.05, 4.69) is 26.3 Å². The van der Waals surface area contributed by atoms with E-state index in [1.54, 1.807) is 36.4 Å². The van der Waals surface area contributed by atoms with E-state index in [1.165, 1.54) is 6.20 Å². The number of aromatic nitrogens is 1. The van der Waals surface area contributed by atoms with Crippen LogP contribution in [0.5, 0.6) is 0 Å². The van der Waals surface area contributed by atoms with E-state index < -0.39 is 12.0 Å². The molecule has 4 amide bonds. The number of carboxylic acid groups (broad SMARTS) is 1. The zero-order valence-electron chi connectivity index (χ0n) is 22.7. The fourth-order valence-electron chi connectivity index (χ4n) is 4.44. The summed E-state index contributed by atoms with van der Waals surface area (Å²) >= 11 is 0. The van der Waals surface area contributed by atoms with Crippen LogP contribution in [0.3, 0.4) is 0 Å². The quantitative estimate of drug-likeness (QED) is 0.248. The number of para-hydroxylation sites is 1. The lowest BCUT2D eigenvalue weighted by Crippen LogP contribution is -2.37. The van der Waals surface area contributed by atoms with Crippen molar-refractivity contribution in [3.05, 3.63) is 83.6 Å². The van der Waals surface area contributed by atoms with Crippen molar-refractivity contribution >= 4 is 41.0 Å². The normalized spacial score (nSPS) is 14.0. The highest BCUT2D eigenvalue weighted by atomic mass is 16.5. The van der Waals surface area contributed by atoms with Crippen molar-refractivity contribution in [1.82, 2.24) is 10.3 Å². The second kappa shape index (κ2) is 14.0. The summed E-state index contributed by atoms with van der Waals surface area (Å²) in [5.74, 6) is -1.46. The molecule has 0 radical (unpaired) electrons. The Labute approximate surface area is 237 Å². The molecular formula is C30H33N5O6. The van der Waals surface area contributed by atoms with Crippen LogP contribution in [0.25, 0.3) is 0 Å². The van der Waals surface area contributed by atoms with Crippen molar-refractivity contribution in [3.8, 4) is 0 Å². The van der Waals surface area contributed by atoms with Gasteiger partial charge in [0.15, 0.2) is 0 Å². The minimum Gasteiger partial charge on any atom is -0.481 e. The van der Waals surface area contributed by atoms with Gasteiger partial charge >= 0.3 is 12.0 Å². The third-order valence-corrected chi connectivity index (χ3v) is 6.71. The number of rotatable bonds is 10. The first kappa shape index (κ1) is 29.2. The summed E-state index contributed by atoms with van der Waals surface area (Å²) in [6, 6.07) is 16.5. The molecule has 41 heavy (non-hydrogen) atoms. The lowest BCUT2D eigenvalue weighted by atomic mass is 9.97. The highest BCUT2D eigenvalue weighted by molar-refractivity contribution is 6.00. The molecule has 0 bridgehead atoms. The van der Waals surface area contributed by atoms with Crippen LogP contribution in [0.2, 0.25) is 0 Å². The number of hydrogen-bond acceptors (Lipinski definition) is 6. The van der Waals surface area contributed by atoms with Crippen LogP contribution < -0.4 is 21.3 Å². The molecule has 0 spiro atoms. The molecule has 214 valence electrons. The number of aryl methyl sites for hydroxylation is 1. The van der Waals surface area contributed by atoms with Crippen molar-refractivity contribution in [2.24, 2.45) is 5.92 Å². The Balaban J connectivity index is 1.29. The number of pyridine rings is 1. The highest BCUT2D eigenvalue weighted by Gasteiger charge is 2.26. The Morgan fingerprint density at radius 1 is 0.951 bits per heavy atom. The van der Waals surface area contributed by atoms with Crippen molar-refractivity contribution in [2.75, 3.05) is 29.2 Å². The van der Waals surface area contributed by atoms with E-state index in [4.69, 9.17) is 4.74 Å². The van der Waals surface area contributed by atoms with Gasteiger partial charge in [0.05, 0.1) is 18.9 Å². The van der Waals surface area contributed by atoms with Gasteiger partial charge < -0.3 is 31.1 Å². The third kappa shape index (κ3) is 8.87. The van der Waals surface area contributed by atoms with E-state index in [-0.39, 0.29) is 36.6 Å². The second-order valence-corrected chi connectivity index (χ2v) is 9.84. The first-order valence-corrected chi connectivity index (χ1v) is 13.3. The SMILES string of the molecule is Cc1ccccc1NC(=O)Nc1ccc(CC(=O)Nc2ccc(C(CC(=O)O)NC(=O)C3CCOCC3)cn2)cc1. The first-order valence-electron chi connectivity index (χ1n) is 13.3. The van der Waals surface area contributed by atoms with Gasteiger partial charge in [-0.1, -0.05) is 36.4 Å². The Morgan fingerprint density at radius 3 is 2.34 bits per heavy atom. The molecule has 5 N–H and O–H groups in total. The van der Waals surface area contributed by atoms with Gasteiger partial charge in [-0.05, 0) is 60.7 Å². The zero-order chi connectivity index (χ0) is 29.2. The average molecular weight is 560 g/mol. The molecule has 1 saturated heterocycles. The van der Waals surface area contributed by atoms with Gasteiger partial charge in [0.2, 0.25) is 11.8 Å². The lowest BCUT2D eigenvalue weighted by Gasteiger charge is -2.24. The average Bonchev–Trinajstić information content (AvgIpc) is 2.95. The number of carboxylic acids is 1. The molecule has 3 aromatic rings. The van der Waals surface area contributed by atoms with Crippen LogP contribution in [-0.2, 0) is 25.5 Å². The monoisotopic (exact) mass is 559 g/mol. The number of anilines is 3. The van der Waals surface area contributed by atoms with Crippen LogP contribution in [0.15, 0.2) is 66.9 Å². The molecule has 11 nitrogen and oxygen atoms in total. The van der Waals surface area contributed by atoms with Crippen molar-refractivity contribution in [2.45, 2.75) is 38.6 Å². The Morgan fingerprint density at radius 2 is 1.68 bits per heavy atom. The highest BCUT2D eigenvalue weighted by Crippen LogP contribution is 2.22. The predicted molar refractivity (Wildman–Crippen MR) is 154 cm³/mol. The maximum atomic E-state index is 12.6.